The zero-order chi connectivity index (χ0) is 30.1. The van der Waals surface area contributed by atoms with Crippen molar-refractivity contribution in [2.75, 3.05) is 42.1 Å². The van der Waals surface area contributed by atoms with Crippen LogP contribution in [0.5, 0.6) is 5.75 Å². The lowest BCUT2D eigenvalue weighted by atomic mass is 10.00. The van der Waals surface area contributed by atoms with Gasteiger partial charge in [0.05, 0.1) is 30.7 Å². The molecule has 1 amide bonds. The second-order valence-corrected chi connectivity index (χ2v) is 13.0. The number of nitrogens with one attached hydrogen (secondary N) is 3. The molecule has 228 valence electrons. The lowest BCUT2D eigenvalue weighted by Crippen LogP contribution is -2.48. The lowest BCUT2D eigenvalue weighted by molar-refractivity contribution is 0.0830. The first kappa shape index (κ1) is 31.9. The normalized spacial score (nSPS) is 16.8. The van der Waals surface area contributed by atoms with Crippen LogP contribution in [0, 0.1) is 0 Å². The van der Waals surface area contributed by atoms with Gasteiger partial charge in [0, 0.05) is 42.5 Å². The van der Waals surface area contributed by atoms with Crippen LogP contribution in [-0.4, -0.2) is 64.8 Å². The summed E-state index contributed by atoms with van der Waals surface area (Å²) < 4.78 is 28.3. The molecule has 1 fully saturated rings. The second kappa shape index (κ2) is 15.0. The van der Waals surface area contributed by atoms with Gasteiger partial charge in [0.15, 0.2) is 0 Å². The highest BCUT2D eigenvalue weighted by Crippen LogP contribution is 2.50. The first-order valence-electron chi connectivity index (χ1n) is 14.2. The van der Waals surface area contributed by atoms with Crippen LogP contribution in [0.1, 0.15) is 41.3 Å². The molecule has 0 saturated carbocycles. The van der Waals surface area contributed by atoms with E-state index in [9.17, 15) is 19.0 Å². The molecule has 3 aromatic carbocycles. The molecule has 0 aliphatic carbocycles. The highest BCUT2D eigenvalue weighted by Gasteiger charge is 2.28. The molecular weight excluding hydrogens is 576 g/mol. The minimum Gasteiger partial charge on any atom is -0.497 e. The van der Waals surface area contributed by atoms with Crippen molar-refractivity contribution in [1.82, 2.24) is 10.6 Å². The van der Waals surface area contributed by atoms with Gasteiger partial charge < -0.3 is 25.8 Å². The number of benzene rings is 3. The van der Waals surface area contributed by atoms with Crippen LogP contribution in [0.15, 0.2) is 66.7 Å². The average molecular weight is 617 g/mol. The number of amides is 1. The fourth-order valence-electron chi connectivity index (χ4n) is 5.05. The number of carbonyl (C=O) groups excluding carboxylic acids is 1. The van der Waals surface area contributed by atoms with Crippen LogP contribution in [0.25, 0.3) is 0 Å². The summed E-state index contributed by atoms with van der Waals surface area (Å²) in [5.41, 5.74) is 3.54. The topological polar surface area (TPSA) is 126 Å². The highest BCUT2D eigenvalue weighted by atomic mass is 35.5. The molecular formula is C31H41ClN4O5S. The SMILES string of the molecule is CCNc1cc(C(=O)N[C@@H](Cc2ccccc2)[C@H](O)CNCc2cc(Cl)cc(OC)c2)cc(N2CCCCS2(O)O)c1. The Morgan fingerprint density at radius 2 is 1.86 bits per heavy atom. The van der Waals surface area contributed by atoms with Gasteiger partial charge in [-0.2, -0.15) is 0 Å². The third kappa shape index (κ3) is 8.76. The van der Waals surface area contributed by atoms with Crippen molar-refractivity contribution in [1.29, 1.82) is 0 Å². The molecule has 1 aliphatic heterocycles. The van der Waals surface area contributed by atoms with E-state index in [1.165, 1.54) is 0 Å². The van der Waals surface area contributed by atoms with Crippen molar-refractivity contribution in [2.45, 2.75) is 44.9 Å². The second-order valence-electron chi connectivity index (χ2n) is 10.4. The number of ether oxygens (including phenoxy) is 1. The van der Waals surface area contributed by atoms with E-state index in [4.69, 9.17) is 16.3 Å². The predicted octanol–water partition coefficient (Wildman–Crippen LogP) is 5.54. The maximum Gasteiger partial charge on any atom is 0.251 e. The summed E-state index contributed by atoms with van der Waals surface area (Å²) in [5.74, 6) is 0.600. The first-order valence-corrected chi connectivity index (χ1v) is 16.2. The fraction of sp³-hybridized carbons (Fsp3) is 0.387. The van der Waals surface area contributed by atoms with Gasteiger partial charge >= 0.3 is 0 Å². The van der Waals surface area contributed by atoms with Gasteiger partial charge in [-0.15, -0.1) is 10.8 Å². The molecule has 9 nitrogen and oxygen atoms in total. The number of rotatable bonds is 13. The summed E-state index contributed by atoms with van der Waals surface area (Å²) in [6.07, 6.45) is 1.10. The number of aliphatic hydroxyl groups is 1. The standard InChI is InChI=1S/C31H41ClN4O5S/c1-3-34-26-16-24(17-27(19-26)36-11-7-8-12-42(36,39)40)31(38)35-29(15-22-9-5-4-6-10-22)30(37)21-33-20-23-13-25(32)18-28(14-23)41-2/h4-6,9-10,13-14,16-19,29-30,33-34,37,39-40H,3,7-8,11-12,15,20-21H2,1-2H3,(H,35,38)/t29-,30+/m0/s1. The molecule has 42 heavy (non-hydrogen) atoms. The number of hydrogen-bond donors (Lipinski definition) is 6. The molecule has 3 aromatic rings. The molecule has 0 aromatic heterocycles. The van der Waals surface area contributed by atoms with Crippen LogP contribution < -0.4 is 25.0 Å². The van der Waals surface area contributed by atoms with E-state index in [0.29, 0.717) is 59.5 Å². The highest BCUT2D eigenvalue weighted by molar-refractivity contribution is 8.25. The summed E-state index contributed by atoms with van der Waals surface area (Å²) in [6.45, 7) is 3.78. The number of hydrogen-bond acceptors (Lipinski definition) is 8. The Morgan fingerprint density at radius 3 is 2.57 bits per heavy atom. The third-order valence-corrected chi connectivity index (χ3v) is 9.31. The largest absolute Gasteiger partial charge is 0.497 e. The van der Waals surface area contributed by atoms with E-state index in [0.717, 1.165) is 24.0 Å². The first-order chi connectivity index (χ1) is 20.2. The van der Waals surface area contributed by atoms with Crippen molar-refractivity contribution in [2.24, 2.45) is 0 Å². The number of methoxy groups -OCH3 is 1. The number of aliphatic hydroxyl groups excluding tert-OH is 1. The maximum atomic E-state index is 13.7. The summed E-state index contributed by atoms with van der Waals surface area (Å²) in [6, 6.07) is 19.8. The molecule has 11 heteroatoms. The Hall–Kier alpha value is -2.99. The van der Waals surface area contributed by atoms with Crippen molar-refractivity contribution in [3.63, 3.8) is 0 Å². The number of nitrogens with zero attached hydrogens (tertiary/aromatic N) is 1. The van der Waals surface area contributed by atoms with Crippen molar-refractivity contribution < 1.29 is 23.7 Å². The maximum absolute atomic E-state index is 13.7. The minimum absolute atomic E-state index is 0.226. The zero-order valence-electron chi connectivity index (χ0n) is 24.1. The summed E-state index contributed by atoms with van der Waals surface area (Å²) >= 11 is 6.20. The summed E-state index contributed by atoms with van der Waals surface area (Å²) in [7, 11) is -1.38. The van der Waals surface area contributed by atoms with E-state index in [1.807, 2.05) is 55.5 Å². The van der Waals surface area contributed by atoms with Crippen LogP contribution in [0.4, 0.5) is 11.4 Å². The Morgan fingerprint density at radius 1 is 1.07 bits per heavy atom. The smallest absolute Gasteiger partial charge is 0.251 e. The zero-order valence-corrected chi connectivity index (χ0v) is 25.6. The van der Waals surface area contributed by atoms with E-state index in [2.05, 4.69) is 16.0 Å². The van der Waals surface area contributed by atoms with E-state index < -0.39 is 22.9 Å². The van der Waals surface area contributed by atoms with Gasteiger partial charge in [-0.25, -0.2) is 0 Å². The average Bonchev–Trinajstić information content (AvgIpc) is 2.96. The number of carbonyl (C=O) groups is 1. The Labute approximate surface area is 254 Å². The molecule has 0 radical (unpaired) electrons. The Bertz CT molecular complexity index is 1330. The lowest BCUT2D eigenvalue weighted by Gasteiger charge is -2.47. The minimum atomic E-state index is -2.96. The third-order valence-electron chi connectivity index (χ3n) is 7.16. The van der Waals surface area contributed by atoms with Crippen LogP contribution in [0.2, 0.25) is 5.02 Å². The van der Waals surface area contributed by atoms with Crippen LogP contribution in [-0.2, 0) is 13.0 Å². The summed E-state index contributed by atoms with van der Waals surface area (Å²) in [5, 5.41) is 21.4. The van der Waals surface area contributed by atoms with Gasteiger partial charge in [-0.3, -0.25) is 18.2 Å². The fourth-order valence-corrected chi connectivity index (χ4v) is 6.97. The Balaban J connectivity index is 1.52. The van der Waals surface area contributed by atoms with E-state index in [-0.39, 0.29) is 12.5 Å². The molecule has 0 spiro atoms. The number of halogens is 1. The number of anilines is 2. The Kier molecular flexibility index (Phi) is 11.4. The molecule has 2 atom stereocenters. The molecule has 6 N–H and O–H groups in total. The van der Waals surface area contributed by atoms with Crippen molar-refractivity contribution >= 4 is 39.7 Å². The molecule has 1 aliphatic rings. The van der Waals surface area contributed by atoms with Gasteiger partial charge in [0.2, 0.25) is 0 Å². The molecule has 0 bridgehead atoms. The van der Waals surface area contributed by atoms with Crippen LogP contribution in [0.3, 0.4) is 0 Å². The van der Waals surface area contributed by atoms with Gasteiger partial charge in [-0.1, -0.05) is 41.9 Å². The van der Waals surface area contributed by atoms with Gasteiger partial charge in [-0.05, 0) is 73.7 Å². The van der Waals surface area contributed by atoms with Crippen molar-refractivity contribution in [3.05, 3.63) is 88.4 Å². The molecule has 1 saturated heterocycles. The molecule has 1 heterocycles. The van der Waals surface area contributed by atoms with Crippen molar-refractivity contribution in [3.8, 4) is 5.75 Å². The van der Waals surface area contributed by atoms with Gasteiger partial charge in [0.1, 0.15) is 5.75 Å². The monoisotopic (exact) mass is 616 g/mol. The predicted molar refractivity (Wildman–Crippen MR) is 172 cm³/mol. The molecule has 0 unspecified atom stereocenters. The van der Waals surface area contributed by atoms with Gasteiger partial charge in [0.25, 0.3) is 5.91 Å². The summed E-state index contributed by atoms with van der Waals surface area (Å²) in [4.78, 5) is 13.7. The van der Waals surface area contributed by atoms with E-state index >= 15 is 0 Å². The van der Waals surface area contributed by atoms with E-state index in [1.54, 1.807) is 29.6 Å². The van der Waals surface area contributed by atoms with Crippen LogP contribution >= 0.6 is 22.4 Å². The quantitative estimate of drug-likeness (QED) is 0.148. The molecule has 4 rings (SSSR count).